The number of thioether (sulfide) groups is 1. The number of aliphatic hydroxyl groups excluding tert-OH is 1. The second kappa shape index (κ2) is 11.8. The van der Waals surface area contributed by atoms with Crippen LogP contribution in [0.2, 0.25) is 5.02 Å². The molecule has 0 spiro atoms. The Morgan fingerprint density at radius 3 is 2.34 bits per heavy atom. The molecule has 0 saturated heterocycles. The molecule has 0 aliphatic heterocycles. The van der Waals surface area contributed by atoms with Crippen LogP contribution in [0.25, 0.3) is 5.69 Å². The minimum atomic E-state index is -0.640. The summed E-state index contributed by atoms with van der Waals surface area (Å²) in [6.07, 6.45) is 2.54. The van der Waals surface area contributed by atoms with Gasteiger partial charge in [-0.05, 0) is 72.5 Å². The number of ether oxygens (including phenoxy) is 1. The summed E-state index contributed by atoms with van der Waals surface area (Å²) in [5.74, 6) is -1.12. The van der Waals surface area contributed by atoms with E-state index >= 15 is 0 Å². The Kier molecular flexibility index (Phi) is 8.75. The quantitative estimate of drug-likeness (QED) is 0.204. The number of halogens is 4. The molecule has 200 valence electrons. The predicted molar refractivity (Wildman–Crippen MR) is 145 cm³/mol. The van der Waals surface area contributed by atoms with E-state index in [9.17, 15) is 13.2 Å². The van der Waals surface area contributed by atoms with Gasteiger partial charge in [0.05, 0.1) is 24.0 Å². The highest BCUT2D eigenvalue weighted by Crippen LogP contribution is 2.39. The first-order chi connectivity index (χ1) is 18.1. The highest BCUT2D eigenvalue weighted by atomic mass is 35.5. The average molecular weight is 561 g/mol. The summed E-state index contributed by atoms with van der Waals surface area (Å²) >= 11 is 7.43. The third kappa shape index (κ3) is 5.87. The second-order valence-electron chi connectivity index (χ2n) is 9.37. The lowest BCUT2D eigenvalue weighted by atomic mass is 9.81. The van der Waals surface area contributed by atoms with Crippen LogP contribution in [-0.2, 0) is 17.6 Å². The van der Waals surface area contributed by atoms with Crippen molar-refractivity contribution >= 4 is 23.4 Å². The van der Waals surface area contributed by atoms with Crippen LogP contribution in [0, 0.1) is 17.5 Å². The van der Waals surface area contributed by atoms with Crippen molar-refractivity contribution in [2.45, 2.75) is 43.0 Å². The zero-order chi connectivity index (χ0) is 27.4. The van der Waals surface area contributed by atoms with Gasteiger partial charge in [-0.15, -0.1) is 0 Å². The SMILES string of the molecule is COc1cc(C(C)(C)c2cnc(SCc3c(F)cc(CCCO)cc3F)n2-c2ccc(F)cc2)ccc1Cl. The molecular formula is C29H28ClF3N2O2S. The molecule has 0 fully saturated rings. The third-order valence-electron chi connectivity index (χ3n) is 6.50. The number of methoxy groups -OCH3 is 1. The predicted octanol–water partition coefficient (Wildman–Crippen LogP) is 7.49. The molecule has 9 heteroatoms. The minimum absolute atomic E-state index is 0.00475. The largest absolute Gasteiger partial charge is 0.495 e. The number of hydrogen-bond acceptors (Lipinski definition) is 4. The van der Waals surface area contributed by atoms with E-state index in [4.69, 9.17) is 21.4 Å². The van der Waals surface area contributed by atoms with Crippen molar-refractivity contribution in [3.63, 3.8) is 0 Å². The van der Waals surface area contributed by atoms with Crippen molar-refractivity contribution in [2.24, 2.45) is 0 Å². The van der Waals surface area contributed by atoms with Crippen LogP contribution in [0.4, 0.5) is 13.2 Å². The number of imidazole rings is 1. The number of nitrogens with zero attached hydrogens (tertiary/aromatic N) is 2. The molecule has 0 atom stereocenters. The lowest BCUT2D eigenvalue weighted by Gasteiger charge is -2.28. The molecule has 0 amide bonds. The summed E-state index contributed by atoms with van der Waals surface area (Å²) in [7, 11) is 1.55. The van der Waals surface area contributed by atoms with E-state index in [0.717, 1.165) is 11.3 Å². The molecule has 1 heterocycles. The van der Waals surface area contributed by atoms with Gasteiger partial charge in [0, 0.05) is 29.0 Å². The van der Waals surface area contributed by atoms with Gasteiger partial charge in [0.25, 0.3) is 0 Å². The molecule has 38 heavy (non-hydrogen) atoms. The molecule has 0 saturated carbocycles. The number of aromatic nitrogens is 2. The van der Waals surface area contributed by atoms with Crippen LogP contribution < -0.4 is 4.74 Å². The van der Waals surface area contributed by atoms with E-state index in [1.54, 1.807) is 31.5 Å². The van der Waals surface area contributed by atoms with Gasteiger partial charge in [-0.1, -0.05) is 43.3 Å². The summed E-state index contributed by atoms with van der Waals surface area (Å²) in [5.41, 5.74) is 2.21. The van der Waals surface area contributed by atoms with E-state index in [1.807, 2.05) is 30.5 Å². The van der Waals surface area contributed by atoms with Crippen LogP contribution >= 0.6 is 23.4 Å². The van der Waals surface area contributed by atoms with E-state index in [0.29, 0.717) is 40.0 Å². The summed E-state index contributed by atoms with van der Waals surface area (Å²) in [5, 5.41) is 9.99. The fourth-order valence-electron chi connectivity index (χ4n) is 4.27. The van der Waals surface area contributed by atoms with Crippen LogP contribution in [0.5, 0.6) is 5.75 Å². The van der Waals surface area contributed by atoms with Gasteiger partial charge in [-0.2, -0.15) is 0 Å². The molecule has 4 nitrogen and oxygen atoms in total. The molecule has 0 bridgehead atoms. The first-order valence-electron chi connectivity index (χ1n) is 12.0. The van der Waals surface area contributed by atoms with Crippen LogP contribution in [0.15, 0.2) is 66.0 Å². The standard InChI is InChI=1S/C29H28ClF3N2O2S/c1-29(2,19-6-11-23(30)26(15-19)37-3)27-16-34-28(35(27)21-9-7-20(31)8-10-21)38-17-22-24(32)13-18(5-4-12-36)14-25(22)33/h6-11,13-16,36H,4-5,12,17H2,1-3H3. The van der Waals surface area contributed by atoms with Crippen molar-refractivity contribution in [3.8, 4) is 11.4 Å². The topological polar surface area (TPSA) is 47.3 Å². The molecule has 0 unspecified atom stereocenters. The van der Waals surface area contributed by atoms with Gasteiger partial charge in [-0.25, -0.2) is 18.2 Å². The van der Waals surface area contributed by atoms with Crippen molar-refractivity contribution in [2.75, 3.05) is 13.7 Å². The monoisotopic (exact) mass is 560 g/mol. The number of benzene rings is 3. The van der Waals surface area contributed by atoms with E-state index in [-0.39, 0.29) is 23.7 Å². The highest BCUT2D eigenvalue weighted by molar-refractivity contribution is 7.98. The normalized spacial score (nSPS) is 11.7. The van der Waals surface area contributed by atoms with Gasteiger partial charge in [0.2, 0.25) is 0 Å². The summed E-state index contributed by atoms with van der Waals surface area (Å²) in [6.45, 7) is 3.99. The van der Waals surface area contributed by atoms with Gasteiger partial charge >= 0.3 is 0 Å². The molecule has 1 aromatic heterocycles. The van der Waals surface area contributed by atoms with Crippen molar-refractivity contribution in [1.29, 1.82) is 0 Å². The Hall–Kier alpha value is -2.94. The first-order valence-corrected chi connectivity index (χ1v) is 13.4. The molecule has 4 aromatic rings. The maximum absolute atomic E-state index is 14.8. The highest BCUT2D eigenvalue weighted by Gasteiger charge is 2.30. The van der Waals surface area contributed by atoms with E-state index in [1.165, 1.54) is 36.0 Å². The summed E-state index contributed by atoms with van der Waals surface area (Å²) < 4.78 is 50.7. The number of rotatable bonds is 10. The Labute approximate surface area is 229 Å². The van der Waals surface area contributed by atoms with Crippen LogP contribution in [-0.4, -0.2) is 28.4 Å². The number of hydrogen-bond donors (Lipinski definition) is 1. The molecule has 0 radical (unpaired) electrons. The van der Waals surface area contributed by atoms with Crippen molar-refractivity contribution in [1.82, 2.24) is 9.55 Å². The van der Waals surface area contributed by atoms with E-state index < -0.39 is 17.0 Å². The molecule has 3 aromatic carbocycles. The molecule has 0 aliphatic rings. The Morgan fingerprint density at radius 1 is 1.03 bits per heavy atom. The van der Waals surface area contributed by atoms with Gasteiger partial charge in [-0.3, -0.25) is 4.57 Å². The zero-order valence-corrected chi connectivity index (χ0v) is 22.8. The first kappa shape index (κ1) is 28.1. The molecule has 4 rings (SSSR count). The summed E-state index contributed by atoms with van der Waals surface area (Å²) in [4.78, 5) is 4.60. The second-order valence-corrected chi connectivity index (χ2v) is 10.7. The number of aryl methyl sites for hydroxylation is 1. The lowest BCUT2D eigenvalue weighted by Crippen LogP contribution is -2.23. The molecule has 0 aliphatic carbocycles. The fraction of sp³-hybridized carbons (Fsp3) is 0.276. The van der Waals surface area contributed by atoms with Crippen molar-refractivity contribution < 1.29 is 23.0 Å². The smallest absolute Gasteiger partial charge is 0.173 e. The summed E-state index contributed by atoms with van der Waals surface area (Å²) in [6, 6.07) is 14.1. The molecular weight excluding hydrogens is 533 g/mol. The van der Waals surface area contributed by atoms with E-state index in [2.05, 4.69) is 4.98 Å². The Balaban J connectivity index is 1.73. The lowest BCUT2D eigenvalue weighted by molar-refractivity contribution is 0.288. The van der Waals surface area contributed by atoms with Gasteiger partial charge < -0.3 is 9.84 Å². The maximum atomic E-state index is 14.8. The van der Waals surface area contributed by atoms with Gasteiger partial charge in [0.1, 0.15) is 23.2 Å². The Morgan fingerprint density at radius 2 is 1.71 bits per heavy atom. The maximum Gasteiger partial charge on any atom is 0.173 e. The van der Waals surface area contributed by atoms with Crippen LogP contribution in [0.3, 0.4) is 0 Å². The number of aliphatic hydroxyl groups is 1. The third-order valence-corrected chi connectivity index (χ3v) is 7.79. The van der Waals surface area contributed by atoms with Crippen molar-refractivity contribution in [3.05, 3.63) is 106 Å². The minimum Gasteiger partial charge on any atom is -0.495 e. The fourth-order valence-corrected chi connectivity index (χ4v) is 5.48. The average Bonchev–Trinajstić information content (AvgIpc) is 3.32. The molecule has 1 N–H and O–H groups in total. The van der Waals surface area contributed by atoms with Gasteiger partial charge in [0.15, 0.2) is 5.16 Å². The zero-order valence-electron chi connectivity index (χ0n) is 21.3. The van der Waals surface area contributed by atoms with Crippen LogP contribution in [0.1, 0.15) is 42.7 Å². The Bertz CT molecular complexity index is 1400.